The minimum atomic E-state index is 0.228. The van der Waals surface area contributed by atoms with E-state index in [0.717, 1.165) is 35.6 Å². The summed E-state index contributed by atoms with van der Waals surface area (Å²) in [6.45, 7) is 7.58. The van der Waals surface area contributed by atoms with E-state index in [1.54, 1.807) is 0 Å². The molecule has 0 aliphatic carbocycles. The first-order chi connectivity index (χ1) is 13.1. The Morgan fingerprint density at radius 1 is 1.15 bits per heavy atom. The first-order valence-corrected chi connectivity index (χ1v) is 9.68. The Hall–Kier alpha value is -2.82. The van der Waals surface area contributed by atoms with Crippen molar-refractivity contribution in [2.24, 2.45) is 0 Å². The van der Waals surface area contributed by atoms with Crippen molar-refractivity contribution in [1.29, 1.82) is 0 Å². The van der Waals surface area contributed by atoms with Crippen molar-refractivity contribution in [2.45, 2.75) is 53.1 Å². The molecule has 27 heavy (non-hydrogen) atoms. The fourth-order valence-corrected chi connectivity index (χ4v) is 3.82. The second-order valence-corrected chi connectivity index (χ2v) is 7.39. The number of benzene rings is 1. The van der Waals surface area contributed by atoms with Crippen LogP contribution in [0, 0.1) is 13.8 Å². The van der Waals surface area contributed by atoms with E-state index < -0.39 is 0 Å². The molecule has 0 saturated heterocycles. The smallest absolute Gasteiger partial charge is 0.223 e. The monoisotopic (exact) mass is 362 g/mol. The molecule has 5 heteroatoms. The lowest BCUT2D eigenvalue weighted by atomic mass is 10.1. The summed E-state index contributed by atoms with van der Waals surface area (Å²) in [6, 6.07) is 10.5. The van der Waals surface area contributed by atoms with Crippen LogP contribution in [0.3, 0.4) is 0 Å². The quantitative estimate of drug-likeness (QED) is 0.679. The molecule has 2 aromatic heterocycles. The average Bonchev–Trinajstić information content (AvgIpc) is 3.35. The summed E-state index contributed by atoms with van der Waals surface area (Å²) in [7, 11) is 0. The lowest BCUT2D eigenvalue weighted by Gasteiger charge is -2.18. The Morgan fingerprint density at radius 2 is 1.93 bits per heavy atom. The number of amides is 1. The lowest BCUT2D eigenvalue weighted by molar-refractivity contribution is -0.131. The van der Waals surface area contributed by atoms with Gasteiger partial charge in [0.1, 0.15) is 5.82 Å². The van der Waals surface area contributed by atoms with Gasteiger partial charge < -0.3 is 9.47 Å². The molecule has 1 amide bonds. The van der Waals surface area contributed by atoms with Gasteiger partial charge in [-0.1, -0.05) is 31.0 Å². The summed E-state index contributed by atoms with van der Waals surface area (Å²) in [5, 5.41) is 4.92. The van der Waals surface area contributed by atoms with Gasteiger partial charge in [0.25, 0.3) is 0 Å². The molecular formula is C22H26N4O. The van der Waals surface area contributed by atoms with E-state index in [0.29, 0.717) is 19.5 Å². The highest BCUT2D eigenvalue weighted by atomic mass is 16.2. The van der Waals surface area contributed by atoms with E-state index in [1.165, 1.54) is 11.1 Å². The summed E-state index contributed by atoms with van der Waals surface area (Å²) >= 11 is 0. The van der Waals surface area contributed by atoms with E-state index in [9.17, 15) is 4.79 Å². The number of aromatic nitrogens is 3. The Kier molecular flexibility index (Phi) is 4.60. The van der Waals surface area contributed by atoms with Crippen molar-refractivity contribution in [3.63, 3.8) is 0 Å². The highest BCUT2D eigenvalue weighted by Crippen LogP contribution is 2.31. The maximum Gasteiger partial charge on any atom is 0.223 e. The fraction of sp³-hybridized carbons (Fsp3) is 0.364. The summed E-state index contributed by atoms with van der Waals surface area (Å²) in [5.41, 5.74) is 5.67. The molecule has 1 aliphatic heterocycles. The lowest BCUT2D eigenvalue weighted by Crippen LogP contribution is -2.26. The van der Waals surface area contributed by atoms with E-state index in [-0.39, 0.29) is 5.91 Å². The van der Waals surface area contributed by atoms with E-state index in [4.69, 9.17) is 5.10 Å². The fourth-order valence-electron chi connectivity index (χ4n) is 3.82. The molecule has 0 atom stereocenters. The molecule has 5 nitrogen and oxygen atoms in total. The number of hydrogen-bond donors (Lipinski definition) is 0. The van der Waals surface area contributed by atoms with Gasteiger partial charge in [-0.3, -0.25) is 4.79 Å². The summed E-state index contributed by atoms with van der Waals surface area (Å²) in [4.78, 5) is 14.4. The Morgan fingerprint density at radius 3 is 2.63 bits per heavy atom. The molecule has 0 bridgehead atoms. The Bertz CT molecular complexity index is 969. The van der Waals surface area contributed by atoms with Crippen LogP contribution in [0.4, 0.5) is 0 Å². The molecule has 3 aromatic rings. The SMILES string of the molecule is CCCCC(=O)N1Cc2nn(-c3ccc(C)cc3C)c(-n3cccc3)c2C1. The third-order valence-corrected chi connectivity index (χ3v) is 5.26. The molecule has 1 aromatic carbocycles. The van der Waals surface area contributed by atoms with Crippen molar-refractivity contribution < 1.29 is 4.79 Å². The number of carbonyl (C=O) groups is 1. The van der Waals surface area contributed by atoms with Crippen LogP contribution in [0.1, 0.15) is 48.6 Å². The molecular weight excluding hydrogens is 336 g/mol. The number of rotatable bonds is 5. The number of aryl methyl sites for hydroxylation is 2. The number of nitrogens with zero attached hydrogens (tertiary/aromatic N) is 4. The average molecular weight is 362 g/mol. The van der Waals surface area contributed by atoms with Gasteiger partial charge in [-0.05, 0) is 44.0 Å². The van der Waals surface area contributed by atoms with Gasteiger partial charge in [0.05, 0.1) is 24.5 Å². The third-order valence-electron chi connectivity index (χ3n) is 5.26. The Balaban J connectivity index is 1.75. The number of hydrogen-bond acceptors (Lipinski definition) is 2. The molecule has 0 N–H and O–H groups in total. The van der Waals surface area contributed by atoms with Crippen LogP contribution in [-0.4, -0.2) is 25.2 Å². The van der Waals surface area contributed by atoms with Crippen molar-refractivity contribution in [1.82, 2.24) is 19.2 Å². The topological polar surface area (TPSA) is 43.1 Å². The highest BCUT2D eigenvalue weighted by Gasteiger charge is 2.31. The van der Waals surface area contributed by atoms with Crippen LogP contribution < -0.4 is 0 Å². The summed E-state index contributed by atoms with van der Waals surface area (Å²) in [5.74, 6) is 1.26. The molecule has 1 aliphatic rings. The first-order valence-electron chi connectivity index (χ1n) is 9.68. The molecule has 0 unspecified atom stereocenters. The molecule has 0 fully saturated rings. The zero-order chi connectivity index (χ0) is 19.0. The first kappa shape index (κ1) is 17.6. The zero-order valence-electron chi connectivity index (χ0n) is 16.3. The second-order valence-electron chi connectivity index (χ2n) is 7.39. The van der Waals surface area contributed by atoms with Crippen molar-refractivity contribution >= 4 is 5.91 Å². The van der Waals surface area contributed by atoms with Crippen LogP contribution in [0.15, 0.2) is 42.7 Å². The number of carbonyl (C=O) groups excluding carboxylic acids is 1. The van der Waals surface area contributed by atoms with Crippen LogP contribution in [0.5, 0.6) is 0 Å². The molecule has 0 radical (unpaired) electrons. The van der Waals surface area contributed by atoms with Crippen LogP contribution >= 0.6 is 0 Å². The standard InChI is InChI=1S/C22H26N4O/c1-4-5-8-21(27)25-14-18-19(15-25)23-26(22(18)24-11-6-7-12-24)20-10-9-16(2)13-17(20)3/h6-7,9-13H,4-5,8,14-15H2,1-3H3. The summed E-state index contributed by atoms with van der Waals surface area (Å²) in [6.07, 6.45) is 6.69. The van der Waals surface area contributed by atoms with Crippen molar-refractivity contribution in [3.8, 4) is 11.5 Å². The van der Waals surface area contributed by atoms with E-state index in [2.05, 4.69) is 43.5 Å². The van der Waals surface area contributed by atoms with Gasteiger partial charge in [0.2, 0.25) is 5.91 Å². The molecule has 3 heterocycles. The van der Waals surface area contributed by atoms with Crippen LogP contribution in [0.25, 0.3) is 11.5 Å². The zero-order valence-corrected chi connectivity index (χ0v) is 16.3. The maximum atomic E-state index is 12.5. The van der Waals surface area contributed by atoms with Gasteiger partial charge in [-0.15, -0.1) is 0 Å². The minimum Gasteiger partial charge on any atom is -0.332 e. The maximum absolute atomic E-state index is 12.5. The molecule has 0 saturated carbocycles. The predicted octanol–water partition coefficient (Wildman–Crippen LogP) is 4.31. The van der Waals surface area contributed by atoms with Gasteiger partial charge in [0, 0.05) is 24.4 Å². The second kappa shape index (κ2) is 7.06. The normalized spacial score (nSPS) is 13.2. The molecule has 4 rings (SSSR count). The Labute approximate surface area is 160 Å². The molecule has 140 valence electrons. The largest absolute Gasteiger partial charge is 0.332 e. The summed E-state index contributed by atoms with van der Waals surface area (Å²) < 4.78 is 4.14. The highest BCUT2D eigenvalue weighted by molar-refractivity contribution is 5.77. The van der Waals surface area contributed by atoms with E-state index >= 15 is 0 Å². The van der Waals surface area contributed by atoms with Gasteiger partial charge in [0.15, 0.2) is 0 Å². The van der Waals surface area contributed by atoms with Gasteiger partial charge in [-0.25, -0.2) is 4.68 Å². The van der Waals surface area contributed by atoms with Crippen LogP contribution in [0.2, 0.25) is 0 Å². The minimum absolute atomic E-state index is 0.228. The van der Waals surface area contributed by atoms with Gasteiger partial charge in [-0.2, -0.15) is 5.10 Å². The van der Waals surface area contributed by atoms with Gasteiger partial charge >= 0.3 is 0 Å². The van der Waals surface area contributed by atoms with E-state index in [1.807, 2.05) is 34.1 Å². The van der Waals surface area contributed by atoms with Crippen molar-refractivity contribution in [3.05, 3.63) is 65.1 Å². The number of fused-ring (bicyclic) bond motifs is 1. The van der Waals surface area contributed by atoms with Crippen LogP contribution in [-0.2, 0) is 17.9 Å². The number of unbranched alkanes of at least 4 members (excludes halogenated alkanes) is 1. The van der Waals surface area contributed by atoms with Crippen molar-refractivity contribution in [2.75, 3.05) is 0 Å². The third kappa shape index (κ3) is 3.18. The molecule has 0 spiro atoms. The predicted molar refractivity (Wildman–Crippen MR) is 106 cm³/mol.